The number of rotatable bonds is 3. The van der Waals surface area contributed by atoms with Crippen molar-refractivity contribution in [3.05, 3.63) is 12.2 Å². The molecule has 2 nitrogen and oxygen atoms in total. The summed E-state index contributed by atoms with van der Waals surface area (Å²) in [5.41, 5.74) is 0.230. The molecule has 0 unspecified atom stereocenters. The van der Waals surface area contributed by atoms with Gasteiger partial charge in [-0.15, -0.1) is 0 Å². The van der Waals surface area contributed by atoms with Gasteiger partial charge in [0.1, 0.15) is 5.60 Å². The smallest absolute Gasteiger partial charge is 0.333 e. The Morgan fingerprint density at radius 2 is 1.88 bits per heavy atom. The van der Waals surface area contributed by atoms with Gasteiger partial charge in [0.05, 0.1) is 0 Å². The Bertz CT molecular complexity index is 270. The van der Waals surface area contributed by atoms with Crippen LogP contribution in [-0.2, 0) is 9.53 Å². The Labute approximate surface area is 99.1 Å². The SMILES string of the molecule is C=C(C)C(=O)OC1(C)CCC(C(C)C)CC1. The molecule has 92 valence electrons. The van der Waals surface area contributed by atoms with Crippen molar-refractivity contribution in [2.24, 2.45) is 11.8 Å². The van der Waals surface area contributed by atoms with Crippen LogP contribution in [0.2, 0.25) is 0 Å². The molecule has 2 heteroatoms. The number of ether oxygens (including phenoxy) is 1. The number of hydrogen-bond donors (Lipinski definition) is 0. The van der Waals surface area contributed by atoms with Crippen molar-refractivity contribution < 1.29 is 9.53 Å². The van der Waals surface area contributed by atoms with Crippen LogP contribution < -0.4 is 0 Å². The predicted octanol–water partition coefficient (Wildman–Crippen LogP) is 3.71. The van der Waals surface area contributed by atoms with Crippen LogP contribution >= 0.6 is 0 Å². The molecule has 1 saturated carbocycles. The lowest BCUT2D eigenvalue weighted by Gasteiger charge is -2.38. The second-order valence-electron chi connectivity index (χ2n) is 5.70. The van der Waals surface area contributed by atoms with Gasteiger partial charge in [-0.25, -0.2) is 4.79 Å². The molecule has 0 aromatic carbocycles. The number of hydrogen-bond acceptors (Lipinski definition) is 2. The molecular formula is C14H24O2. The lowest BCUT2D eigenvalue weighted by molar-refractivity contribution is -0.157. The van der Waals surface area contributed by atoms with Gasteiger partial charge in [-0.3, -0.25) is 0 Å². The van der Waals surface area contributed by atoms with Crippen LogP contribution in [0.5, 0.6) is 0 Å². The molecule has 0 N–H and O–H groups in total. The summed E-state index contributed by atoms with van der Waals surface area (Å²) in [4.78, 5) is 11.5. The zero-order valence-corrected chi connectivity index (χ0v) is 11.0. The third kappa shape index (κ3) is 3.36. The zero-order chi connectivity index (χ0) is 12.3. The number of carbonyl (C=O) groups is 1. The highest BCUT2D eigenvalue weighted by Gasteiger charge is 2.35. The van der Waals surface area contributed by atoms with Crippen molar-refractivity contribution in [2.45, 2.75) is 59.0 Å². The van der Waals surface area contributed by atoms with E-state index < -0.39 is 0 Å². The molecule has 1 aliphatic carbocycles. The average molecular weight is 224 g/mol. The Hall–Kier alpha value is -0.790. The minimum atomic E-state index is -0.262. The normalized spacial score (nSPS) is 30.2. The second kappa shape index (κ2) is 5.03. The third-order valence-electron chi connectivity index (χ3n) is 3.72. The zero-order valence-electron chi connectivity index (χ0n) is 11.0. The summed E-state index contributed by atoms with van der Waals surface area (Å²) in [6, 6.07) is 0. The predicted molar refractivity (Wildman–Crippen MR) is 66.1 cm³/mol. The third-order valence-corrected chi connectivity index (χ3v) is 3.72. The Kier molecular flexibility index (Phi) is 4.17. The summed E-state index contributed by atoms with van der Waals surface area (Å²) in [6.45, 7) is 11.9. The van der Waals surface area contributed by atoms with Gasteiger partial charge in [-0.05, 0) is 51.4 Å². The van der Waals surface area contributed by atoms with Gasteiger partial charge in [0.25, 0.3) is 0 Å². The van der Waals surface area contributed by atoms with E-state index in [4.69, 9.17) is 4.74 Å². The van der Waals surface area contributed by atoms with E-state index in [1.54, 1.807) is 6.92 Å². The summed E-state index contributed by atoms with van der Waals surface area (Å²) in [6.07, 6.45) is 4.29. The van der Waals surface area contributed by atoms with Crippen molar-refractivity contribution in [2.75, 3.05) is 0 Å². The first-order valence-corrected chi connectivity index (χ1v) is 6.23. The van der Waals surface area contributed by atoms with E-state index in [0.717, 1.165) is 37.5 Å². The number of esters is 1. The van der Waals surface area contributed by atoms with Crippen molar-refractivity contribution in [1.29, 1.82) is 0 Å². The molecule has 1 aliphatic rings. The van der Waals surface area contributed by atoms with Crippen LogP contribution in [0.3, 0.4) is 0 Å². The van der Waals surface area contributed by atoms with Crippen LogP contribution in [0.1, 0.15) is 53.4 Å². The topological polar surface area (TPSA) is 26.3 Å². The van der Waals surface area contributed by atoms with Crippen molar-refractivity contribution in [1.82, 2.24) is 0 Å². The molecule has 0 saturated heterocycles. The summed E-state index contributed by atoms with van der Waals surface area (Å²) in [5.74, 6) is 1.28. The van der Waals surface area contributed by atoms with Gasteiger partial charge < -0.3 is 4.74 Å². The maximum absolute atomic E-state index is 11.5. The van der Waals surface area contributed by atoms with Gasteiger partial charge >= 0.3 is 5.97 Å². The van der Waals surface area contributed by atoms with Gasteiger partial charge in [0.15, 0.2) is 0 Å². The maximum atomic E-state index is 11.5. The van der Waals surface area contributed by atoms with E-state index in [2.05, 4.69) is 20.4 Å². The largest absolute Gasteiger partial charge is 0.456 e. The fourth-order valence-corrected chi connectivity index (χ4v) is 2.33. The number of carbonyl (C=O) groups excluding carboxylic acids is 1. The summed E-state index contributed by atoms with van der Waals surface area (Å²) in [5, 5.41) is 0. The maximum Gasteiger partial charge on any atom is 0.333 e. The first-order valence-electron chi connectivity index (χ1n) is 6.23. The minimum Gasteiger partial charge on any atom is -0.456 e. The molecule has 0 heterocycles. The molecule has 0 amide bonds. The molecule has 0 aliphatic heterocycles. The molecule has 0 aromatic heterocycles. The van der Waals surface area contributed by atoms with E-state index >= 15 is 0 Å². The standard InChI is InChI=1S/C14H24O2/c1-10(2)12-6-8-14(5,9-7-12)16-13(15)11(3)4/h10,12H,3,6-9H2,1-2,4-5H3. The van der Waals surface area contributed by atoms with Crippen LogP contribution in [0.4, 0.5) is 0 Å². The average Bonchev–Trinajstić information content (AvgIpc) is 2.17. The summed E-state index contributed by atoms with van der Waals surface area (Å²) >= 11 is 0. The molecule has 0 spiro atoms. The Balaban J connectivity index is 2.50. The van der Waals surface area contributed by atoms with E-state index in [1.807, 2.05) is 6.92 Å². The van der Waals surface area contributed by atoms with Crippen LogP contribution in [0.25, 0.3) is 0 Å². The molecule has 1 rings (SSSR count). The van der Waals surface area contributed by atoms with Gasteiger partial charge in [0, 0.05) is 5.57 Å². The quantitative estimate of drug-likeness (QED) is 0.539. The first-order chi connectivity index (χ1) is 7.34. The molecule has 0 radical (unpaired) electrons. The van der Waals surface area contributed by atoms with Gasteiger partial charge in [-0.1, -0.05) is 20.4 Å². The van der Waals surface area contributed by atoms with Crippen LogP contribution in [-0.4, -0.2) is 11.6 Å². The first kappa shape index (κ1) is 13.3. The minimum absolute atomic E-state index is 0.245. The molecule has 0 bridgehead atoms. The van der Waals surface area contributed by atoms with E-state index in [9.17, 15) is 4.79 Å². The lowest BCUT2D eigenvalue weighted by Crippen LogP contribution is -2.37. The fourth-order valence-electron chi connectivity index (χ4n) is 2.33. The van der Waals surface area contributed by atoms with Crippen molar-refractivity contribution >= 4 is 5.97 Å². The molecule has 1 fully saturated rings. The highest BCUT2D eigenvalue weighted by atomic mass is 16.6. The Morgan fingerprint density at radius 3 is 2.25 bits per heavy atom. The molecule has 0 atom stereocenters. The monoisotopic (exact) mass is 224 g/mol. The summed E-state index contributed by atoms with van der Waals surface area (Å²) < 4.78 is 5.53. The van der Waals surface area contributed by atoms with Crippen LogP contribution in [0, 0.1) is 11.8 Å². The Morgan fingerprint density at radius 1 is 1.38 bits per heavy atom. The molecule has 16 heavy (non-hydrogen) atoms. The van der Waals surface area contributed by atoms with E-state index in [0.29, 0.717) is 5.57 Å². The van der Waals surface area contributed by atoms with E-state index in [-0.39, 0.29) is 11.6 Å². The van der Waals surface area contributed by atoms with E-state index in [1.165, 1.54) is 0 Å². The van der Waals surface area contributed by atoms with Crippen molar-refractivity contribution in [3.8, 4) is 0 Å². The fraction of sp³-hybridized carbons (Fsp3) is 0.786. The van der Waals surface area contributed by atoms with Crippen molar-refractivity contribution in [3.63, 3.8) is 0 Å². The molecule has 0 aromatic rings. The van der Waals surface area contributed by atoms with Gasteiger partial charge in [0.2, 0.25) is 0 Å². The second-order valence-corrected chi connectivity index (χ2v) is 5.70. The highest BCUT2D eigenvalue weighted by Crippen LogP contribution is 2.38. The van der Waals surface area contributed by atoms with Gasteiger partial charge in [-0.2, -0.15) is 0 Å². The molecular weight excluding hydrogens is 200 g/mol. The lowest BCUT2D eigenvalue weighted by atomic mass is 9.75. The van der Waals surface area contributed by atoms with Crippen LogP contribution in [0.15, 0.2) is 12.2 Å². The highest BCUT2D eigenvalue weighted by molar-refractivity contribution is 5.87. The summed E-state index contributed by atoms with van der Waals surface area (Å²) in [7, 11) is 0.